The van der Waals surface area contributed by atoms with Crippen LogP contribution in [0.1, 0.15) is 65.7 Å². The van der Waals surface area contributed by atoms with Gasteiger partial charge in [0.2, 0.25) is 0 Å². The van der Waals surface area contributed by atoms with Crippen LogP contribution in [-0.2, 0) is 0 Å². The zero-order valence-electron chi connectivity index (χ0n) is 12.4. The normalized spacial score (nSPS) is 12.0. The molecule has 0 spiro atoms. The molecule has 0 aromatic carbocycles. The Morgan fingerprint density at radius 2 is 1.00 bits per heavy atom. The summed E-state index contributed by atoms with van der Waals surface area (Å²) in [5.74, 6) is 0. The van der Waals surface area contributed by atoms with Crippen molar-refractivity contribution in [3.05, 3.63) is 0 Å². The van der Waals surface area contributed by atoms with E-state index in [9.17, 15) is 0 Å². The van der Waals surface area contributed by atoms with Gasteiger partial charge in [-0.05, 0) is 25.7 Å². The Labute approximate surface area is 114 Å². The minimum Gasteiger partial charge on any atom is -0.0652 e. The minimum absolute atomic E-state index is 0.593. The van der Waals surface area contributed by atoms with Gasteiger partial charge in [0.25, 0.3) is 0 Å². The summed E-state index contributed by atoms with van der Waals surface area (Å²) in [6.07, 6.45) is 16.3. The predicted molar refractivity (Wildman–Crippen MR) is 86.3 cm³/mol. The third-order valence-corrected chi connectivity index (χ3v) is 9.18. The van der Waals surface area contributed by atoms with Gasteiger partial charge >= 0.3 is 0 Å². The van der Waals surface area contributed by atoms with Crippen LogP contribution < -0.4 is 0 Å². The zero-order valence-corrected chi connectivity index (χ0v) is 14.3. The first-order valence-electron chi connectivity index (χ1n) is 7.74. The SMILES string of the molecule is CCCC[P+](CCCC)(CCCC)CCC[Si]. The molecule has 0 N–H and O–H groups in total. The second-order valence-corrected chi connectivity index (χ2v) is 10.4. The van der Waals surface area contributed by atoms with Crippen LogP contribution in [-0.4, -0.2) is 34.9 Å². The van der Waals surface area contributed by atoms with Gasteiger partial charge in [0, 0.05) is 17.5 Å². The van der Waals surface area contributed by atoms with Crippen LogP contribution in [0.2, 0.25) is 6.04 Å². The quantitative estimate of drug-likeness (QED) is 0.330. The lowest BCUT2D eigenvalue weighted by Gasteiger charge is -2.28. The smallest absolute Gasteiger partial charge is 0.0594 e. The largest absolute Gasteiger partial charge is 0.0652 e. The highest BCUT2D eigenvalue weighted by Crippen LogP contribution is 2.61. The number of hydrogen-bond donors (Lipinski definition) is 0. The van der Waals surface area contributed by atoms with E-state index >= 15 is 0 Å². The lowest BCUT2D eigenvalue weighted by molar-refractivity contribution is 0.828. The number of hydrogen-bond acceptors (Lipinski definition) is 0. The Kier molecular flexibility index (Phi) is 12.2. The van der Waals surface area contributed by atoms with Gasteiger partial charge in [0.05, 0.1) is 24.6 Å². The average Bonchev–Trinajstić information content (AvgIpc) is 2.37. The van der Waals surface area contributed by atoms with Crippen molar-refractivity contribution in [1.29, 1.82) is 0 Å². The molecule has 0 amide bonds. The van der Waals surface area contributed by atoms with Crippen molar-refractivity contribution in [2.24, 2.45) is 0 Å². The highest BCUT2D eigenvalue weighted by atomic mass is 31.2. The summed E-state index contributed by atoms with van der Waals surface area (Å²) < 4.78 is 0. The Morgan fingerprint density at radius 1 is 0.647 bits per heavy atom. The Bertz CT molecular complexity index is 121. The summed E-state index contributed by atoms with van der Waals surface area (Å²) >= 11 is 0. The first-order valence-corrected chi connectivity index (χ1v) is 11.0. The molecule has 0 aliphatic heterocycles. The third kappa shape index (κ3) is 8.38. The van der Waals surface area contributed by atoms with Gasteiger partial charge in [-0.3, -0.25) is 0 Å². The van der Waals surface area contributed by atoms with E-state index in [2.05, 4.69) is 31.0 Å². The zero-order chi connectivity index (χ0) is 13.0. The Hall–Kier alpha value is 0.647. The second-order valence-electron chi connectivity index (χ2n) is 5.40. The topological polar surface area (TPSA) is 0 Å². The molecule has 3 radical (unpaired) electrons. The lowest BCUT2D eigenvalue weighted by atomic mass is 10.4. The van der Waals surface area contributed by atoms with E-state index in [1.165, 1.54) is 51.0 Å². The molecule has 0 aromatic heterocycles. The molecule has 0 aliphatic rings. The minimum atomic E-state index is -0.593. The van der Waals surface area contributed by atoms with E-state index in [4.69, 9.17) is 0 Å². The van der Waals surface area contributed by atoms with Crippen LogP contribution in [0.4, 0.5) is 0 Å². The maximum absolute atomic E-state index is 3.67. The molecule has 2 heteroatoms. The molecule has 0 fully saturated rings. The van der Waals surface area contributed by atoms with Crippen molar-refractivity contribution in [2.45, 2.75) is 71.8 Å². The van der Waals surface area contributed by atoms with E-state index < -0.39 is 7.26 Å². The average molecular weight is 272 g/mol. The highest BCUT2D eigenvalue weighted by Gasteiger charge is 2.34. The molecular weight excluding hydrogens is 239 g/mol. The summed E-state index contributed by atoms with van der Waals surface area (Å²) in [5.41, 5.74) is 0. The molecule has 0 rings (SSSR count). The molecule has 0 heterocycles. The lowest BCUT2D eigenvalue weighted by Crippen LogP contribution is -2.12. The van der Waals surface area contributed by atoms with Crippen molar-refractivity contribution in [1.82, 2.24) is 0 Å². The van der Waals surface area contributed by atoms with Gasteiger partial charge in [-0.1, -0.05) is 46.1 Å². The molecule has 0 aliphatic carbocycles. The molecule has 17 heavy (non-hydrogen) atoms. The molecule has 0 aromatic rings. The fourth-order valence-electron chi connectivity index (χ4n) is 2.57. The number of unbranched alkanes of at least 4 members (excludes halogenated alkanes) is 3. The fraction of sp³-hybridized carbons (Fsp3) is 1.00. The molecule has 0 saturated heterocycles. The molecule has 0 saturated carbocycles. The third-order valence-electron chi connectivity index (χ3n) is 3.77. The predicted octanol–water partition coefficient (Wildman–Crippen LogP) is 5.38. The van der Waals surface area contributed by atoms with Crippen molar-refractivity contribution < 1.29 is 0 Å². The molecule has 0 unspecified atom stereocenters. The maximum atomic E-state index is 3.67. The van der Waals surface area contributed by atoms with Crippen molar-refractivity contribution in [3.63, 3.8) is 0 Å². The van der Waals surface area contributed by atoms with Crippen LogP contribution in [0, 0.1) is 0 Å². The van der Waals surface area contributed by atoms with E-state index in [0.29, 0.717) is 0 Å². The molecule has 0 nitrogen and oxygen atoms in total. The monoisotopic (exact) mass is 272 g/mol. The maximum Gasteiger partial charge on any atom is 0.0594 e. The summed E-state index contributed by atoms with van der Waals surface area (Å²) in [6.45, 7) is 7.04. The highest BCUT2D eigenvalue weighted by molar-refractivity contribution is 7.75. The van der Waals surface area contributed by atoms with Crippen LogP contribution in [0.5, 0.6) is 0 Å². The molecule has 101 valence electrons. The van der Waals surface area contributed by atoms with Crippen LogP contribution in [0.15, 0.2) is 0 Å². The van der Waals surface area contributed by atoms with Gasteiger partial charge in [0.1, 0.15) is 0 Å². The van der Waals surface area contributed by atoms with Gasteiger partial charge in [-0.2, -0.15) is 0 Å². The molecule has 0 bridgehead atoms. The Balaban J connectivity index is 4.39. The van der Waals surface area contributed by atoms with Crippen molar-refractivity contribution in [2.75, 3.05) is 24.6 Å². The van der Waals surface area contributed by atoms with Crippen molar-refractivity contribution in [3.8, 4) is 0 Å². The van der Waals surface area contributed by atoms with E-state index in [0.717, 1.165) is 0 Å². The van der Waals surface area contributed by atoms with Gasteiger partial charge in [0.15, 0.2) is 0 Å². The fourth-order valence-corrected chi connectivity index (χ4v) is 8.17. The first kappa shape index (κ1) is 17.6. The van der Waals surface area contributed by atoms with Crippen LogP contribution >= 0.6 is 7.26 Å². The first-order chi connectivity index (χ1) is 8.24. The molecule has 0 atom stereocenters. The summed E-state index contributed by atoms with van der Waals surface area (Å²) in [7, 11) is 3.08. The van der Waals surface area contributed by atoms with Crippen LogP contribution in [0.25, 0.3) is 0 Å². The van der Waals surface area contributed by atoms with E-state index in [1.807, 2.05) is 0 Å². The standard InChI is InChI=1S/C15H33PSi/c1-4-7-11-16(12-8-5-2,13-9-6-3)14-10-15-17/h4-15H2,1-3H3/q+1. The Morgan fingerprint density at radius 3 is 1.29 bits per heavy atom. The summed E-state index contributed by atoms with van der Waals surface area (Å²) in [4.78, 5) is 0. The van der Waals surface area contributed by atoms with E-state index in [1.54, 1.807) is 24.6 Å². The van der Waals surface area contributed by atoms with Gasteiger partial charge in [-0.25, -0.2) is 0 Å². The van der Waals surface area contributed by atoms with Crippen molar-refractivity contribution >= 4 is 17.5 Å². The van der Waals surface area contributed by atoms with Crippen LogP contribution in [0.3, 0.4) is 0 Å². The molecular formula is C15H33PSi+. The van der Waals surface area contributed by atoms with Gasteiger partial charge < -0.3 is 0 Å². The second kappa shape index (κ2) is 11.7. The van der Waals surface area contributed by atoms with Gasteiger partial charge in [-0.15, -0.1) is 0 Å². The summed E-state index contributed by atoms with van der Waals surface area (Å²) in [6, 6.07) is 1.20. The summed E-state index contributed by atoms with van der Waals surface area (Å²) in [5, 5.41) is 0. The van der Waals surface area contributed by atoms with E-state index in [-0.39, 0.29) is 0 Å². The number of rotatable bonds is 12.